The second-order valence-electron chi connectivity index (χ2n) is 7.08. The zero-order valence-corrected chi connectivity index (χ0v) is 17.8. The summed E-state index contributed by atoms with van der Waals surface area (Å²) >= 11 is 0. The van der Waals surface area contributed by atoms with Crippen molar-refractivity contribution in [1.82, 2.24) is 0 Å². The quantitative estimate of drug-likeness (QED) is 0.450. The minimum atomic E-state index is -3.76. The number of carbonyl (C=O) groups is 1. The van der Waals surface area contributed by atoms with Crippen LogP contribution in [0.25, 0.3) is 0 Å². The summed E-state index contributed by atoms with van der Waals surface area (Å²) in [5.41, 5.74) is 1.96. The summed E-state index contributed by atoms with van der Waals surface area (Å²) in [7, 11) is -2.42. The smallest absolute Gasteiger partial charge is 0.273 e. The maximum absolute atomic E-state index is 13.1. The number of methoxy groups -OCH3 is 1. The summed E-state index contributed by atoms with van der Waals surface area (Å²) in [4.78, 5) is 23.1. The zero-order chi connectivity index (χ0) is 22.9. The molecule has 0 radical (unpaired) electrons. The second kappa shape index (κ2) is 8.31. The molecule has 0 saturated heterocycles. The number of carbonyl (C=O) groups excluding carboxylic acids is 1. The highest BCUT2D eigenvalue weighted by Gasteiger charge is 2.30. The minimum Gasteiger partial charge on any atom is -0.494 e. The number of rotatable bonds is 6. The number of ether oxygens (including phenoxy) is 1. The Morgan fingerprint density at radius 1 is 1.09 bits per heavy atom. The normalized spacial score (nSPS) is 12.8. The summed E-state index contributed by atoms with van der Waals surface area (Å²) in [5, 5.41) is 13.5. The number of nitrogens with zero attached hydrogens (tertiary/aromatic N) is 2. The molecule has 0 spiro atoms. The van der Waals surface area contributed by atoms with Crippen molar-refractivity contribution in [3.05, 3.63) is 88.0 Å². The zero-order valence-electron chi connectivity index (χ0n) is 17.0. The molecule has 0 atom stereocenters. The predicted octanol–water partition coefficient (Wildman–Crippen LogP) is 3.61. The van der Waals surface area contributed by atoms with Crippen molar-refractivity contribution >= 4 is 33.0 Å². The van der Waals surface area contributed by atoms with Gasteiger partial charge in [0, 0.05) is 18.2 Å². The molecule has 1 aliphatic rings. The van der Waals surface area contributed by atoms with Crippen LogP contribution in [0, 0.1) is 10.1 Å². The number of fused-ring (bicyclic) bond motifs is 1. The van der Waals surface area contributed by atoms with Crippen LogP contribution in [-0.2, 0) is 16.4 Å². The highest BCUT2D eigenvalue weighted by molar-refractivity contribution is 7.92. The van der Waals surface area contributed by atoms with Gasteiger partial charge in [-0.1, -0.05) is 18.2 Å². The molecule has 1 aliphatic heterocycles. The Balaban J connectivity index is 1.54. The fraction of sp³-hybridized carbons (Fsp3) is 0.136. The van der Waals surface area contributed by atoms with Crippen molar-refractivity contribution in [3.8, 4) is 5.75 Å². The van der Waals surface area contributed by atoms with Crippen molar-refractivity contribution < 1.29 is 22.9 Å². The van der Waals surface area contributed by atoms with Crippen molar-refractivity contribution in [3.63, 3.8) is 0 Å². The fourth-order valence-corrected chi connectivity index (χ4v) is 5.06. The first kappa shape index (κ1) is 21.3. The van der Waals surface area contributed by atoms with Gasteiger partial charge >= 0.3 is 0 Å². The van der Waals surface area contributed by atoms with Gasteiger partial charge in [-0.15, -0.1) is 0 Å². The van der Waals surface area contributed by atoms with Crippen LogP contribution < -0.4 is 14.4 Å². The van der Waals surface area contributed by atoms with Crippen molar-refractivity contribution in [2.24, 2.45) is 0 Å². The summed E-state index contributed by atoms with van der Waals surface area (Å²) < 4.78 is 32.7. The Morgan fingerprint density at radius 3 is 2.50 bits per heavy atom. The Kier molecular flexibility index (Phi) is 5.54. The first-order chi connectivity index (χ1) is 15.3. The number of para-hydroxylation sites is 1. The van der Waals surface area contributed by atoms with Crippen LogP contribution in [0.4, 0.5) is 17.1 Å². The summed E-state index contributed by atoms with van der Waals surface area (Å²) in [6.07, 6.45) is 0.646. The number of hydrogen-bond donors (Lipinski definition) is 1. The van der Waals surface area contributed by atoms with E-state index in [4.69, 9.17) is 4.74 Å². The lowest BCUT2D eigenvalue weighted by atomic mass is 10.2. The topological polar surface area (TPSA) is 119 Å². The van der Waals surface area contributed by atoms with Gasteiger partial charge in [0.2, 0.25) is 0 Å². The summed E-state index contributed by atoms with van der Waals surface area (Å²) in [6, 6.07) is 16.8. The molecule has 1 heterocycles. The Bertz CT molecular complexity index is 1310. The molecule has 0 saturated carbocycles. The molecule has 10 heteroatoms. The van der Waals surface area contributed by atoms with Crippen molar-refractivity contribution in [1.29, 1.82) is 0 Å². The van der Waals surface area contributed by atoms with Gasteiger partial charge in [0.1, 0.15) is 5.75 Å². The van der Waals surface area contributed by atoms with Gasteiger partial charge in [-0.05, 0) is 48.4 Å². The van der Waals surface area contributed by atoms with E-state index in [1.54, 1.807) is 12.1 Å². The third-order valence-electron chi connectivity index (χ3n) is 5.19. The number of anilines is 2. The largest absolute Gasteiger partial charge is 0.494 e. The van der Waals surface area contributed by atoms with Gasteiger partial charge in [-0.3, -0.25) is 19.2 Å². The molecule has 164 valence electrons. The average molecular weight is 453 g/mol. The SMILES string of the molecule is COc1cc([N+](=O)[O-])ccc1NC(=O)c1ccc(S(=O)(=O)N2CCc3ccccc32)cc1. The maximum Gasteiger partial charge on any atom is 0.273 e. The number of non-ortho nitro benzene ring substituents is 1. The molecular formula is C22H19N3O6S. The lowest BCUT2D eigenvalue weighted by Gasteiger charge is -2.19. The van der Waals surface area contributed by atoms with E-state index in [0.29, 0.717) is 18.7 Å². The number of hydrogen-bond acceptors (Lipinski definition) is 6. The summed E-state index contributed by atoms with van der Waals surface area (Å²) in [6.45, 7) is 0.365. The highest BCUT2D eigenvalue weighted by Crippen LogP contribution is 2.33. The van der Waals surface area contributed by atoms with Crippen LogP contribution in [0.1, 0.15) is 15.9 Å². The minimum absolute atomic E-state index is 0.0821. The standard InChI is InChI=1S/C22H19N3O6S/c1-31-21-14-17(25(27)28)8-11-19(21)23-22(26)16-6-9-18(10-7-16)32(29,30)24-13-12-15-4-2-3-5-20(15)24/h2-11,14H,12-13H2,1H3,(H,23,26). The maximum atomic E-state index is 13.1. The Morgan fingerprint density at radius 2 is 1.81 bits per heavy atom. The van der Waals surface area contributed by atoms with Crippen LogP contribution >= 0.6 is 0 Å². The number of nitro groups is 1. The first-order valence-electron chi connectivity index (χ1n) is 9.66. The van der Waals surface area contributed by atoms with Gasteiger partial charge < -0.3 is 10.1 Å². The molecule has 9 nitrogen and oxygen atoms in total. The lowest BCUT2D eigenvalue weighted by Crippen LogP contribution is -2.29. The molecule has 32 heavy (non-hydrogen) atoms. The van der Waals surface area contributed by atoms with E-state index in [1.807, 2.05) is 12.1 Å². The molecule has 1 amide bonds. The fourth-order valence-electron chi connectivity index (χ4n) is 3.55. The van der Waals surface area contributed by atoms with E-state index in [1.165, 1.54) is 53.9 Å². The summed E-state index contributed by atoms with van der Waals surface area (Å²) in [5.74, 6) is -0.368. The molecule has 1 N–H and O–H groups in total. The van der Waals surface area contributed by atoms with E-state index in [-0.39, 0.29) is 27.6 Å². The monoisotopic (exact) mass is 453 g/mol. The number of amides is 1. The average Bonchev–Trinajstić information content (AvgIpc) is 3.24. The van der Waals surface area contributed by atoms with Gasteiger partial charge in [0.05, 0.1) is 34.4 Å². The molecule has 0 fully saturated rings. The number of sulfonamides is 1. The molecule has 3 aromatic carbocycles. The van der Waals surface area contributed by atoms with Crippen molar-refractivity contribution in [2.75, 3.05) is 23.3 Å². The third-order valence-corrected chi connectivity index (χ3v) is 7.02. The van der Waals surface area contributed by atoms with E-state index < -0.39 is 20.9 Å². The number of nitrogens with one attached hydrogen (secondary N) is 1. The third kappa shape index (κ3) is 3.87. The van der Waals surface area contributed by atoms with Crippen molar-refractivity contribution in [2.45, 2.75) is 11.3 Å². The predicted molar refractivity (Wildman–Crippen MR) is 119 cm³/mol. The lowest BCUT2D eigenvalue weighted by molar-refractivity contribution is -0.384. The Labute approximate surface area is 184 Å². The first-order valence-corrected chi connectivity index (χ1v) is 11.1. The van der Waals surface area contributed by atoms with Gasteiger partial charge in [0.25, 0.3) is 21.6 Å². The van der Waals surface area contributed by atoms with E-state index >= 15 is 0 Å². The van der Waals surface area contributed by atoms with Gasteiger partial charge in [-0.25, -0.2) is 8.42 Å². The number of nitro benzene ring substituents is 1. The van der Waals surface area contributed by atoms with E-state index in [2.05, 4.69) is 5.32 Å². The van der Waals surface area contributed by atoms with E-state index in [9.17, 15) is 23.3 Å². The second-order valence-corrected chi connectivity index (χ2v) is 8.94. The van der Waals surface area contributed by atoms with Gasteiger partial charge in [-0.2, -0.15) is 0 Å². The van der Waals surface area contributed by atoms with Crippen LogP contribution in [-0.4, -0.2) is 32.9 Å². The molecule has 0 aliphatic carbocycles. The molecular weight excluding hydrogens is 434 g/mol. The molecule has 0 aromatic heterocycles. The molecule has 4 rings (SSSR count). The molecule has 0 unspecified atom stereocenters. The van der Waals surface area contributed by atoms with Crippen LogP contribution in [0.3, 0.4) is 0 Å². The highest BCUT2D eigenvalue weighted by atomic mass is 32.2. The van der Waals surface area contributed by atoms with Crippen LogP contribution in [0.2, 0.25) is 0 Å². The van der Waals surface area contributed by atoms with Crippen LogP contribution in [0.5, 0.6) is 5.75 Å². The molecule has 3 aromatic rings. The van der Waals surface area contributed by atoms with Crippen LogP contribution in [0.15, 0.2) is 71.6 Å². The Hall–Kier alpha value is -3.92. The van der Waals surface area contributed by atoms with Gasteiger partial charge in [0.15, 0.2) is 0 Å². The number of benzene rings is 3. The molecule has 0 bridgehead atoms. The van der Waals surface area contributed by atoms with E-state index in [0.717, 1.165) is 5.56 Å².